The molecule has 3 rings (SSSR count). The zero-order valence-corrected chi connectivity index (χ0v) is 11.3. The monoisotopic (exact) mass is 291 g/mol. The van der Waals surface area contributed by atoms with Crippen LogP contribution in [0.5, 0.6) is 0 Å². The highest BCUT2D eigenvalue weighted by Crippen LogP contribution is 2.25. The van der Waals surface area contributed by atoms with E-state index in [1.807, 2.05) is 4.68 Å². The number of halogens is 1. The quantitative estimate of drug-likeness (QED) is 0.875. The Bertz CT molecular complexity index is 560. The highest BCUT2D eigenvalue weighted by Gasteiger charge is 2.19. The smallest absolute Gasteiger partial charge is 0.132 e. The largest absolute Gasteiger partial charge is 0.311 e. The van der Waals surface area contributed by atoms with Crippen LogP contribution in [0.25, 0.3) is 5.69 Å². The summed E-state index contributed by atoms with van der Waals surface area (Å²) >= 11 is 3.56. The first kappa shape index (κ1) is 11.0. The normalized spacial score (nSPS) is 14.7. The van der Waals surface area contributed by atoms with E-state index in [1.54, 1.807) is 0 Å². The molecule has 0 saturated carbocycles. The molecule has 1 aromatic carbocycles. The van der Waals surface area contributed by atoms with Crippen molar-refractivity contribution in [2.45, 2.75) is 19.9 Å². The van der Waals surface area contributed by atoms with Gasteiger partial charge in [-0.3, -0.25) is 0 Å². The van der Waals surface area contributed by atoms with Crippen molar-refractivity contribution in [3.8, 4) is 5.69 Å². The predicted octanol–water partition coefficient (Wildman–Crippen LogP) is 2.59. The number of hydrogen-bond donors (Lipinski definition) is 1. The van der Waals surface area contributed by atoms with Crippen molar-refractivity contribution in [1.29, 1.82) is 0 Å². The minimum atomic E-state index is 0.891. The summed E-state index contributed by atoms with van der Waals surface area (Å²) in [6.07, 6.45) is 1.04. The number of fused-ring (bicyclic) bond motifs is 1. The molecule has 0 atom stereocenters. The zero-order valence-electron chi connectivity index (χ0n) is 9.70. The number of aromatic nitrogens is 2. The molecule has 0 saturated heterocycles. The van der Waals surface area contributed by atoms with E-state index in [2.05, 4.69) is 57.5 Å². The number of nitrogens with zero attached hydrogens (tertiary/aromatic N) is 2. The van der Waals surface area contributed by atoms with Gasteiger partial charge in [0.2, 0.25) is 0 Å². The Balaban J connectivity index is 2.15. The van der Waals surface area contributed by atoms with Gasteiger partial charge >= 0.3 is 0 Å². The number of benzene rings is 1. The number of nitrogens with one attached hydrogen (secondary N) is 1. The molecule has 1 aliphatic rings. The summed E-state index contributed by atoms with van der Waals surface area (Å²) in [4.78, 5) is 0. The Hall–Kier alpha value is -1.13. The van der Waals surface area contributed by atoms with Gasteiger partial charge < -0.3 is 5.32 Å². The van der Waals surface area contributed by atoms with Crippen LogP contribution in [0.3, 0.4) is 0 Å². The van der Waals surface area contributed by atoms with E-state index in [4.69, 9.17) is 0 Å². The van der Waals surface area contributed by atoms with Gasteiger partial charge in [-0.1, -0.05) is 12.1 Å². The molecule has 1 aliphatic heterocycles. The van der Waals surface area contributed by atoms with Gasteiger partial charge in [0.25, 0.3) is 0 Å². The van der Waals surface area contributed by atoms with Crippen molar-refractivity contribution < 1.29 is 0 Å². The lowest BCUT2D eigenvalue weighted by Gasteiger charge is -2.15. The highest BCUT2D eigenvalue weighted by molar-refractivity contribution is 9.10. The Morgan fingerprint density at radius 1 is 1.41 bits per heavy atom. The molecule has 88 valence electrons. The molecule has 1 N–H and O–H groups in total. The second-order valence-electron chi connectivity index (χ2n) is 4.39. The average molecular weight is 292 g/mol. The summed E-state index contributed by atoms with van der Waals surface area (Å²) in [6.45, 7) is 4.03. The summed E-state index contributed by atoms with van der Waals surface area (Å²) in [5, 5.41) is 7.99. The molecule has 1 aromatic heterocycles. The first-order chi connectivity index (χ1) is 8.25. The van der Waals surface area contributed by atoms with Crippen LogP contribution in [0.1, 0.15) is 16.8 Å². The van der Waals surface area contributed by atoms with E-state index < -0.39 is 0 Å². The van der Waals surface area contributed by atoms with Crippen LogP contribution < -0.4 is 5.32 Å². The third kappa shape index (κ3) is 1.91. The third-order valence-corrected chi connectivity index (χ3v) is 3.77. The summed E-state index contributed by atoms with van der Waals surface area (Å²) in [7, 11) is 0. The lowest BCUT2D eigenvalue weighted by atomic mass is 10.1. The van der Waals surface area contributed by atoms with Gasteiger partial charge in [0, 0.05) is 12.1 Å². The van der Waals surface area contributed by atoms with Gasteiger partial charge in [0.15, 0.2) is 0 Å². The van der Waals surface area contributed by atoms with Crippen LogP contribution in [0.15, 0.2) is 28.9 Å². The molecule has 0 spiro atoms. The van der Waals surface area contributed by atoms with Gasteiger partial charge in [0.05, 0.1) is 11.4 Å². The standard InChI is InChI=1S/C13H14BrN3/c1-9-3-2-4-10(7-9)17-12-8-15-6-5-11(12)13(14)16-17/h2-4,7,15H,5-6,8H2,1H3. The molecular formula is C13H14BrN3. The van der Waals surface area contributed by atoms with Crippen LogP contribution in [0.2, 0.25) is 0 Å². The highest BCUT2D eigenvalue weighted by atomic mass is 79.9. The summed E-state index contributed by atoms with van der Waals surface area (Å²) < 4.78 is 3.02. The molecule has 0 amide bonds. The van der Waals surface area contributed by atoms with Crippen molar-refractivity contribution >= 4 is 15.9 Å². The van der Waals surface area contributed by atoms with Gasteiger partial charge in [-0.2, -0.15) is 5.10 Å². The van der Waals surface area contributed by atoms with Crippen molar-refractivity contribution in [2.75, 3.05) is 6.54 Å². The molecule has 4 heteroatoms. The molecule has 0 aliphatic carbocycles. The second-order valence-corrected chi connectivity index (χ2v) is 5.14. The molecule has 17 heavy (non-hydrogen) atoms. The number of hydrogen-bond acceptors (Lipinski definition) is 2. The van der Waals surface area contributed by atoms with Crippen LogP contribution in [0, 0.1) is 6.92 Å². The van der Waals surface area contributed by atoms with E-state index in [9.17, 15) is 0 Å². The van der Waals surface area contributed by atoms with Gasteiger partial charge in [0.1, 0.15) is 4.60 Å². The van der Waals surface area contributed by atoms with Crippen molar-refractivity contribution in [1.82, 2.24) is 15.1 Å². The summed E-state index contributed by atoms with van der Waals surface area (Å²) in [5.74, 6) is 0. The van der Waals surface area contributed by atoms with Gasteiger partial charge in [-0.15, -0.1) is 0 Å². The third-order valence-electron chi connectivity index (χ3n) is 3.13. The Morgan fingerprint density at radius 2 is 2.29 bits per heavy atom. The first-order valence-electron chi connectivity index (χ1n) is 5.80. The van der Waals surface area contributed by atoms with Gasteiger partial charge in [-0.25, -0.2) is 4.68 Å². The Kier molecular flexibility index (Phi) is 2.76. The SMILES string of the molecule is Cc1cccc(-n2nc(Br)c3c2CNCC3)c1. The van der Waals surface area contributed by atoms with E-state index >= 15 is 0 Å². The predicted molar refractivity (Wildman–Crippen MR) is 71.4 cm³/mol. The summed E-state index contributed by atoms with van der Waals surface area (Å²) in [6, 6.07) is 8.44. The topological polar surface area (TPSA) is 29.9 Å². The lowest BCUT2D eigenvalue weighted by Crippen LogP contribution is -2.25. The number of aryl methyl sites for hydroxylation is 1. The van der Waals surface area contributed by atoms with Crippen LogP contribution >= 0.6 is 15.9 Å². The van der Waals surface area contributed by atoms with Crippen LogP contribution in [-0.2, 0) is 13.0 Å². The minimum absolute atomic E-state index is 0.891. The van der Waals surface area contributed by atoms with E-state index in [-0.39, 0.29) is 0 Å². The second kappa shape index (κ2) is 4.27. The molecular weight excluding hydrogens is 278 g/mol. The molecule has 0 unspecified atom stereocenters. The maximum Gasteiger partial charge on any atom is 0.132 e. The average Bonchev–Trinajstić information content (AvgIpc) is 2.68. The molecule has 0 bridgehead atoms. The molecule has 3 nitrogen and oxygen atoms in total. The summed E-state index contributed by atoms with van der Waals surface area (Å²) in [5.41, 5.74) is 5.00. The van der Waals surface area contributed by atoms with Crippen molar-refractivity contribution in [2.24, 2.45) is 0 Å². The molecule has 0 fully saturated rings. The molecule has 0 radical (unpaired) electrons. The van der Waals surface area contributed by atoms with Gasteiger partial charge in [-0.05, 0) is 53.5 Å². The fourth-order valence-electron chi connectivity index (χ4n) is 2.28. The van der Waals surface area contributed by atoms with Crippen LogP contribution in [-0.4, -0.2) is 16.3 Å². The Morgan fingerprint density at radius 3 is 3.12 bits per heavy atom. The van der Waals surface area contributed by atoms with E-state index in [0.29, 0.717) is 0 Å². The zero-order chi connectivity index (χ0) is 11.8. The van der Waals surface area contributed by atoms with E-state index in [0.717, 1.165) is 29.8 Å². The fraction of sp³-hybridized carbons (Fsp3) is 0.308. The van der Waals surface area contributed by atoms with Crippen molar-refractivity contribution in [3.63, 3.8) is 0 Å². The maximum absolute atomic E-state index is 4.60. The lowest BCUT2D eigenvalue weighted by molar-refractivity contribution is 0.614. The Labute approximate surface area is 109 Å². The van der Waals surface area contributed by atoms with E-state index in [1.165, 1.54) is 16.8 Å². The maximum atomic E-state index is 4.60. The van der Waals surface area contributed by atoms with Crippen molar-refractivity contribution in [3.05, 3.63) is 45.7 Å². The molecule has 2 heterocycles. The first-order valence-corrected chi connectivity index (χ1v) is 6.59. The minimum Gasteiger partial charge on any atom is -0.311 e. The number of rotatable bonds is 1. The molecule has 2 aromatic rings. The van der Waals surface area contributed by atoms with Crippen LogP contribution in [0.4, 0.5) is 0 Å². The fourth-order valence-corrected chi connectivity index (χ4v) is 2.86.